The van der Waals surface area contributed by atoms with Crippen LogP contribution < -0.4 is 4.90 Å². The molecule has 0 spiro atoms. The molecule has 2 aromatic heterocycles. The van der Waals surface area contributed by atoms with Crippen LogP contribution in [0.15, 0.2) is 0 Å². The highest BCUT2D eigenvalue weighted by Crippen LogP contribution is 2.40. The van der Waals surface area contributed by atoms with Crippen molar-refractivity contribution in [2.24, 2.45) is 0 Å². The molecule has 3 heterocycles. The molecule has 5 rings (SSSR count). The molecule has 1 aliphatic heterocycles. The van der Waals surface area contributed by atoms with Crippen LogP contribution in [0.3, 0.4) is 0 Å². The van der Waals surface area contributed by atoms with Gasteiger partial charge in [0.1, 0.15) is 11.6 Å². The molecule has 0 bridgehead atoms. The monoisotopic (exact) mass is 369 g/mol. The van der Waals surface area contributed by atoms with Crippen molar-refractivity contribution in [3.8, 4) is 0 Å². The molecule has 2 aromatic rings. The van der Waals surface area contributed by atoms with Crippen LogP contribution in [0.2, 0.25) is 0 Å². The number of hydrogen-bond donors (Lipinski definition) is 0. The maximum absolute atomic E-state index is 5.04. The van der Waals surface area contributed by atoms with Gasteiger partial charge < -0.3 is 4.90 Å². The van der Waals surface area contributed by atoms with E-state index in [4.69, 9.17) is 9.97 Å². The average molecular weight is 370 g/mol. The van der Waals surface area contributed by atoms with Crippen LogP contribution in [0, 0.1) is 13.8 Å². The lowest BCUT2D eigenvalue weighted by Crippen LogP contribution is -2.46. The van der Waals surface area contributed by atoms with E-state index < -0.39 is 0 Å². The fraction of sp³-hybridized carbons (Fsp3) is 0.650. The van der Waals surface area contributed by atoms with Gasteiger partial charge in [0.2, 0.25) is 0 Å². The summed E-state index contributed by atoms with van der Waals surface area (Å²) in [5.41, 5.74) is 3.99. The van der Waals surface area contributed by atoms with Gasteiger partial charge in [-0.15, -0.1) is 11.3 Å². The molecule has 3 aliphatic rings. The lowest BCUT2D eigenvalue weighted by molar-refractivity contribution is 0.250. The molecule has 0 unspecified atom stereocenters. The predicted molar refractivity (Wildman–Crippen MR) is 105 cm³/mol. The second-order valence-electron chi connectivity index (χ2n) is 7.96. The Morgan fingerprint density at radius 3 is 2.50 bits per heavy atom. The molecule has 0 atom stereocenters. The summed E-state index contributed by atoms with van der Waals surface area (Å²) in [5.74, 6) is 3.02. The van der Waals surface area contributed by atoms with E-state index in [0.717, 1.165) is 51.4 Å². The first-order chi connectivity index (χ1) is 12.7. The van der Waals surface area contributed by atoms with Crippen LogP contribution in [-0.4, -0.2) is 46.0 Å². The Morgan fingerprint density at radius 2 is 1.81 bits per heavy atom. The molecule has 0 amide bonds. The first-order valence-corrected chi connectivity index (χ1v) is 10.8. The molecule has 0 N–H and O–H groups in total. The van der Waals surface area contributed by atoms with Gasteiger partial charge in [0, 0.05) is 54.8 Å². The number of hydrogen-bond acceptors (Lipinski definition) is 6. The fourth-order valence-electron chi connectivity index (χ4n) is 4.26. The lowest BCUT2D eigenvalue weighted by Gasteiger charge is -2.36. The highest BCUT2D eigenvalue weighted by Gasteiger charge is 2.31. The molecule has 2 fully saturated rings. The highest BCUT2D eigenvalue weighted by atomic mass is 32.1. The summed E-state index contributed by atoms with van der Waals surface area (Å²) in [4.78, 5) is 21.0. The van der Waals surface area contributed by atoms with Crippen LogP contribution in [0.25, 0.3) is 0 Å². The number of rotatable bonds is 4. The van der Waals surface area contributed by atoms with Gasteiger partial charge in [-0.1, -0.05) is 0 Å². The topological polar surface area (TPSA) is 45.2 Å². The highest BCUT2D eigenvalue weighted by molar-refractivity contribution is 7.11. The van der Waals surface area contributed by atoms with Crippen molar-refractivity contribution >= 4 is 17.2 Å². The van der Waals surface area contributed by atoms with Crippen molar-refractivity contribution in [2.45, 2.75) is 58.4 Å². The van der Waals surface area contributed by atoms with E-state index in [1.807, 2.05) is 11.3 Å². The Balaban J connectivity index is 1.30. The molecule has 0 radical (unpaired) electrons. The summed E-state index contributed by atoms with van der Waals surface area (Å²) in [5, 5.41) is 1.18. The Labute approximate surface area is 159 Å². The van der Waals surface area contributed by atoms with Gasteiger partial charge >= 0.3 is 0 Å². The largest absolute Gasteiger partial charge is 0.354 e. The molecule has 2 aliphatic carbocycles. The minimum atomic E-state index is 0.637. The zero-order valence-corrected chi connectivity index (χ0v) is 16.6. The van der Waals surface area contributed by atoms with Gasteiger partial charge in [0.05, 0.1) is 10.7 Å². The summed E-state index contributed by atoms with van der Waals surface area (Å²) >= 11 is 1.85. The summed E-state index contributed by atoms with van der Waals surface area (Å²) in [6.45, 7) is 9.64. The van der Waals surface area contributed by atoms with Crippen LogP contribution >= 0.6 is 11.3 Å². The van der Waals surface area contributed by atoms with Gasteiger partial charge in [-0.05, 0) is 46.0 Å². The fourth-order valence-corrected chi connectivity index (χ4v) is 5.24. The van der Waals surface area contributed by atoms with E-state index in [1.54, 1.807) is 0 Å². The maximum Gasteiger partial charge on any atom is 0.135 e. The molecule has 6 heteroatoms. The Morgan fingerprint density at radius 1 is 1.00 bits per heavy atom. The summed E-state index contributed by atoms with van der Waals surface area (Å²) in [6, 6.07) is 0. The second-order valence-corrected chi connectivity index (χ2v) is 9.25. The second kappa shape index (κ2) is 6.57. The zero-order chi connectivity index (χ0) is 17.7. The molecule has 26 heavy (non-hydrogen) atoms. The molecule has 0 aromatic carbocycles. The Hall–Kier alpha value is -1.53. The van der Waals surface area contributed by atoms with Crippen molar-refractivity contribution in [2.75, 3.05) is 31.1 Å². The third-order valence-corrected chi connectivity index (χ3v) is 6.97. The Bertz CT molecular complexity index is 818. The molecule has 138 valence electrons. The van der Waals surface area contributed by atoms with Crippen molar-refractivity contribution in [3.63, 3.8) is 0 Å². The third kappa shape index (κ3) is 3.14. The van der Waals surface area contributed by atoms with E-state index in [9.17, 15) is 0 Å². The van der Waals surface area contributed by atoms with Gasteiger partial charge in [-0.3, -0.25) is 4.90 Å². The summed E-state index contributed by atoms with van der Waals surface area (Å²) < 4.78 is 0. The quantitative estimate of drug-likeness (QED) is 0.828. The van der Waals surface area contributed by atoms with E-state index in [0.29, 0.717) is 5.92 Å². The molecule has 1 saturated carbocycles. The van der Waals surface area contributed by atoms with Crippen molar-refractivity contribution in [3.05, 3.63) is 32.7 Å². The molecule has 5 nitrogen and oxygen atoms in total. The Kier molecular flexibility index (Phi) is 4.20. The van der Waals surface area contributed by atoms with Crippen LogP contribution in [-0.2, 0) is 19.4 Å². The van der Waals surface area contributed by atoms with Crippen molar-refractivity contribution < 1.29 is 0 Å². The number of aromatic nitrogens is 3. The molecule has 1 saturated heterocycles. The number of piperazine rings is 1. The molecular weight excluding hydrogens is 342 g/mol. The number of thiazole rings is 1. The van der Waals surface area contributed by atoms with Gasteiger partial charge in [-0.25, -0.2) is 15.0 Å². The van der Waals surface area contributed by atoms with Gasteiger partial charge in [-0.2, -0.15) is 0 Å². The number of fused-ring (bicyclic) bond motifs is 1. The lowest BCUT2D eigenvalue weighted by atomic mass is 10.2. The minimum absolute atomic E-state index is 0.637. The van der Waals surface area contributed by atoms with Gasteiger partial charge in [0.25, 0.3) is 0 Å². The smallest absolute Gasteiger partial charge is 0.135 e. The average Bonchev–Trinajstić information content (AvgIpc) is 3.30. The van der Waals surface area contributed by atoms with E-state index in [2.05, 4.69) is 28.6 Å². The maximum atomic E-state index is 5.04. The molecular formula is C20H27N5S. The zero-order valence-electron chi connectivity index (χ0n) is 15.8. The third-order valence-electron chi connectivity index (χ3n) is 5.91. The number of nitrogens with zero attached hydrogens (tertiary/aromatic N) is 5. The number of aryl methyl sites for hydroxylation is 3. The normalized spacial score (nSPS) is 20.6. The predicted octanol–water partition coefficient (Wildman–Crippen LogP) is 3.24. The first-order valence-electron chi connectivity index (χ1n) is 9.97. The number of anilines is 1. The first kappa shape index (κ1) is 16.6. The summed E-state index contributed by atoms with van der Waals surface area (Å²) in [7, 11) is 0. The van der Waals surface area contributed by atoms with E-state index >= 15 is 0 Å². The standard InChI is InChI=1S/C20H27N5S/c1-13-18(26-14(2)21-13)12-24-8-10-25(11-9-24)20-16-4-3-5-17(16)22-19(23-20)15-6-7-15/h15H,3-12H2,1-2H3. The van der Waals surface area contributed by atoms with Crippen molar-refractivity contribution in [1.82, 2.24) is 19.9 Å². The van der Waals surface area contributed by atoms with E-state index in [1.165, 1.54) is 51.9 Å². The van der Waals surface area contributed by atoms with Crippen LogP contribution in [0.4, 0.5) is 5.82 Å². The SMILES string of the molecule is Cc1nc(C)c(CN2CCN(c3nc(C4CC4)nc4c3CCC4)CC2)s1. The minimum Gasteiger partial charge on any atom is -0.354 e. The van der Waals surface area contributed by atoms with Gasteiger partial charge in [0.15, 0.2) is 0 Å². The van der Waals surface area contributed by atoms with E-state index in [-0.39, 0.29) is 0 Å². The summed E-state index contributed by atoms with van der Waals surface area (Å²) in [6.07, 6.45) is 6.11. The van der Waals surface area contributed by atoms with Crippen LogP contribution in [0.1, 0.15) is 57.8 Å². The van der Waals surface area contributed by atoms with Crippen molar-refractivity contribution in [1.29, 1.82) is 0 Å². The van der Waals surface area contributed by atoms with Crippen LogP contribution in [0.5, 0.6) is 0 Å².